The summed E-state index contributed by atoms with van der Waals surface area (Å²) < 4.78 is 26.5. The van der Waals surface area contributed by atoms with Crippen molar-refractivity contribution in [1.29, 1.82) is 0 Å². The Labute approximate surface area is 323 Å². The van der Waals surface area contributed by atoms with Gasteiger partial charge in [0.1, 0.15) is 12.1 Å². The van der Waals surface area contributed by atoms with Gasteiger partial charge in [0.05, 0.1) is 22.1 Å². The molecule has 1 saturated heterocycles. The monoisotopic (exact) mass is 773 g/mol. The summed E-state index contributed by atoms with van der Waals surface area (Å²) in [5.74, 6) is -1.95. The number of Topliss-reactive ketones (excluding diaryl/α,β-unsaturated/α-hetero) is 1. The standard InChI is InChI=1S/C41H67N5O7S/c1-7-38(2,3)54(52,53)25-41(21-12-9-13-22-41)45-37(51)44-33(40(6)19-10-8-11-20-40)36(50)46-24-28-30(39(28,4)5)31(46)34(48)43-29(23-26-15-14-16-26)32(47)35(49)42-27-17-18-27/h26-31,33H,7-25H2,1-6H3,(H,42,49)(H,43,48)(H2,44,45,51)/t28-,29?,30-,31-,33+/m0/s1. The van der Waals surface area contributed by atoms with Crippen LogP contribution in [0, 0.1) is 28.6 Å². The van der Waals surface area contributed by atoms with Crippen molar-refractivity contribution in [3.63, 3.8) is 0 Å². The van der Waals surface area contributed by atoms with Crippen molar-refractivity contribution in [3.05, 3.63) is 0 Å². The third-order valence-corrected chi connectivity index (χ3v) is 17.8. The average molecular weight is 774 g/mol. The lowest BCUT2D eigenvalue weighted by Gasteiger charge is -2.44. The largest absolute Gasteiger partial charge is 0.347 e. The van der Waals surface area contributed by atoms with Gasteiger partial charge in [0.2, 0.25) is 17.6 Å². The highest BCUT2D eigenvalue weighted by atomic mass is 32.2. The Balaban J connectivity index is 1.24. The number of amides is 5. The number of nitrogens with zero attached hydrogens (tertiary/aromatic N) is 1. The first-order chi connectivity index (χ1) is 25.3. The molecule has 0 spiro atoms. The highest BCUT2D eigenvalue weighted by Crippen LogP contribution is 2.65. The summed E-state index contributed by atoms with van der Waals surface area (Å²) in [5, 5.41) is 12.0. The Bertz CT molecular complexity index is 1570. The molecule has 0 bridgehead atoms. The normalized spacial score (nSPS) is 28.4. The van der Waals surface area contributed by atoms with Gasteiger partial charge < -0.3 is 26.2 Å². The molecule has 12 nitrogen and oxygen atoms in total. The fourth-order valence-electron chi connectivity index (χ4n) is 10.1. The third kappa shape index (κ3) is 8.36. The molecule has 5 amide bonds. The molecule has 1 heterocycles. The van der Waals surface area contributed by atoms with Gasteiger partial charge in [0.25, 0.3) is 5.91 Å². The van der Waals surface area contributed by atoms with Crippen LogP contribution in [0.2, 0.25) is 0 Å². The van der Waals surface area contributed by atoms with Crippen LogP contribution in [0.4, 0.5) is 4.79 Å². The van der Waals surface area contributed by atoms with Gasteiger partial charge in [0.15, 0.2) is 9.84 Å². The summed E-state index contributed by atoms with van der Waals surface area (Å²) in [4.78, 5) is 71.7. The maximum Gasteiger partial charge on any atom is 0.315 e. The van der Waals surface area contributed by atoms with Crippen LogP contribution in [-0.4, -0.2) is 89.6 Å². The maximum absolute atomic E-state index is 15.0. The van der Waals surface area contributed by atoms with Crippen LogP contribution in [0.3, 0.4) is 0 Å². The number of ketones is 1. The molecule has 0 radical (unpaired) electrons. The number of carbonyl (C=O) groups excluding carboxylic acids is 5. The van der Waals surface area contributed by atoms with Crippen LogP contribution < -0.4 is 21.3 Å². The fraction of sp³-hybridized carbons (Fsp3) is 0.878. The van der Waals surface area contributed by atoms with E-state index < -0.39 is 67.3 Å². The molecule has 304 valence electrons. The lowest BCUT2D eigenvalue weighted by molar-refractivity contribution is -0.146. The van der Waals surface area contributed by atoms with E-state index in [0.29, 0.717) is 32.2 Å². The van der Waals surface area contributed by atoms with Crippen LogP contribution >= 0.6 is 0 Å². The second kappa shape index (κ2) is 15.3. The molecule has 5 atom stereocenters. The lowest BCUT2D eigenvalue weighted by atomic mass is 9.70. The predicted molar refractivity (Wildman–Crippen MR) is 207 cm³/mol. The van der Waals surface area contributed by atoms with Gasteiger partial charge >= 0.3 is 6.03 Å². The molecular formula is C41H67N5O7S. The number of piperidine rings is 1. The molecule has 13 heteroatoms. The average Bonchev–Trinajstić information content (AvgIpc) is 3.95. The number of rotatable bonds is 15. The van der Waals surface area contributed by atoms with Crippen LogP contribution in [0.1, 0.15) is 151 Å². The molecule has 1 unspecified atom stereocenters. The maximum atomic E-state index is 15.0. The van der Waals surface area contributed by atoms with Crippen LogP contribution in [0.15, 0.2) is 0 Å². The summed E-state index contributed by atoms with van der Waals surface area (Å²) >= 11 is 0. The molecule has 6 aliphatic rings. The van der Waals surface area contributed by atoms with Crippen molar-refractivity contribution < 1.29 is 32.4 Å². The first-order valence-corrected chi connectivity index (χ1v) is 22.7. The van der Waals surface area contributed by atoms with Gasteiger partial charge in [-0.2, -0.15) is 0 Å². The Morgan fingerprint density at radius 3 is 2.00 bits per heavy atom. The van der Waals surface area contributed by atoms with Crippen LogP contribution in [0.5, 0.6) is 0 Å². The molecule has 6 rings (SSSR count). The summed E-state index contributed by atoms with van der Waals surface area (Å²) in [6.45, 7) is 12.0. The second-order valence-electron chi connectivity index (χ2n) is 19.6. The van der Waals surface area contributed by atoms with E-state index in [9.17, 15) is 27.6 Å². The number of likely N-dealkylation sites (tertiary alicyclic amines) is 1. The molecule has 5 saturated carbocycles. The molecule has 1 aliphatic heterocycles. The Hall–Kier alpha value is -2.70. The molecule has 54 heavy (non-hydrogen) atoms. The minimum absolute atomic E-state index is 0.0147. The number of sulfone groups is 1. The first-order valence-electron chi connectivity index (χ1n) is 21.1. The van der Waals surface area contributed by atoms with Crippen molar-refractivity contribution in [3.8, 4) is 0 Å². The zero-order valence-corrected chi connectivity index (χ0v) is 34.5. The number of fused-ring (bicyclic) bond motifs is 1. The SMILES string of the molecule is CCC(C)(C)S(=O)(=O)CC1(NC(=O)N[C@H](C(=O)N2C[C@H]3[C@@H]([C@H]2C(=O)NC(CC2CCC2)C(=O)C(=O)NC2CC2)C3(C)C)C2(C)CCCCC2)CCCCC1. The predicted octanol–water partition coefficient (Wildman–Crippen LogP) is 4.94. The van der Waals surface area contributed by atoms with E-state index in [4.69, 9.17) is 0 Å². The fourth-order valence-corrected chi connectivity index (χ4v) is 12.0. The number of urea groups is 1. The number of hydrogen-bond acceptors (Lipinski definition) is 7. The van der Waals surface area contributed by atoms with Crippen molar-refractivity contribution in [1.82, 2.24) is 26.2 Å². The van der Waals surface area contributed by atoms with Crippen LogP contribution in [-0.2, 0) is 29.0 Å². The van der Waals surface area contributed by atoms with E-state index in [1.165, 1.54) is 0 Å². The summed E-state index contributed by atoms with van der Waals surface area (Å²) in [5.41, 5.74) is -1.70. The summed E-state index contributed by atoms with van der Waals surface area (Å²) in [6.07, 6.45) is 13.5. The minimum Gasteiger partial charge on any atom is -0.347 e. The van der Waals surface area contributed by atoms with E-state index >= 15 is 4.79 Å². The smallest absolute Gasteiger partial charge is 0.315 e. The molecule has 0 aromatic rings. The number of nitrogens with one attached hydrogen (secondary N) is 4. The molecule has 4 N–H and O–H groups in total. The van der Waals surface area contributed by atoms with E-state index in [-0.39, 0.29) is 40.9 Å². The van der Waals surface area contributed by atoms with Gasteiger partial charge in [-0.05, 0) is 93.8 Å². The number of hydrogen-bond donors (Lipinski definition) is 4. The minimum atomic E-state index is -3.57. The van der Waals surface area contributed by atoms with E-state index in [2.05, 4.69) is 35.1 Å². The van der Waals surface area contributed by atoms with Crippen LogP contribution in [0.25, 0.3) is 0 Å². The van der Waals surface area contributed by atoms with Crippen molar-refractivity contribution in [2.24, 2.45) is 28.6 Å². The summed E-state index contributed by atoms with van der Waals surface area (Å²) in [6, 6.07) is -3.28. The van der Waals surface area contributed by atoms with Gasteiger partial charge in [-0.15, -0.1) is 0 Å². The van der Waals surface area contributed by atoms with Crippen molar-refractivity contribution >= 4 is 39.4 Å². The lowest BCUT2D eigenvalue weighted by Crippen LogP contribution is -2.65. The molecule has 5 aliphatic carbocycles. The zero-order chi connectivity index (χ0) is 39.3. The van der Waals surface area contributed by atoms with E-state index in [1.54, 1.807) is 18.7 Å². The Morgan fingerprint density at radius 1 is 0.833 bits per heavy atom. The first kappa shape index (κ1) is 40.9. The molecule has 6 fully saturated rings. The van der Waals surface area contributed by atoms with Gasteiger partial charge in [-0.3, -0.25) is 19.2 Å². The van der Waals surface area contributed by atoms with Crippen molar-refractivity contribution in [2.45, 2.75) is 185 Å². The zero-order valence-electron chi connectivity index (χ0n) is 33.7. The van der Waals surface area contributed by atoms with Gasteiger partial charge in [-0.1, -0.05) is 85.5 Å². The summed E-state index contributed by atoms with van der Waals surface area (Å²) in [7, 11) is -3.57. The second-order valence-corrected chi connectivity index (χ2v) is 22.2. The molecule has 0 aromatic heterocycles. The molecule has 0 aromatic carbocycles. The highest BCUT2D eigenvalue weighted by molar-refractivity contribution is 7.92. The van der Waals surface area contributed by atoms with Crippen molar-refractivity contribution in [2.75, 3.05) is 12.3 Å². The highest BCUT2D eigenvalue weighted by Gasteiger charge is 2.70. The Kier molecular flexibility index (Phi) is 11.6. The molecular weight excluding hydrogens is 707 g/mol. The topological polar surface area (TPSA) is 171 Å². The Morgan fingerprint density at radius 2 is 1.44 bits per heavy atom. The number of carbonyl (C=O) groups is 5. The van der Waals surface area contributed by atoms with E-state index in [0.717, 1.165) is 83.5 Å². The van der Waals surface area contributed by atoms with E-state index in [1.807, 2.05) is 13.8 Å². The van der Waals surface area contributed by atoms with Gasteiger partial charge in [0, 0.05) is 12.6 Å². The van der Waals surface area contributed by atoms with Gasteiger partial charge in [-0.25, -0.2) is 13.2 Å². The third-order valence-electron chi connectivity index (χ3n) is 14.9. The quantitative estimate of drug-likeness (QED) is 0.171.